The lowest BCUT2D eigenvalue weighted by molar-refractivity contribution is 0.631. The maximum absolute atomic E-state index is 13.9. The van der Waals surface area contributed by atoms with Crippen LogP contribution in [0.5, 0.6) is 0 Å². The smallest absolute Gasteiger partial charge is 0.131 e. The molecule has 2 aromatic carbocycles. The molecule has 0 N–H and O–H groups in total. The van der Waals surface area contributed by atoms with Gasteiger partial charge in [0.1, 0.15) is 5.82 Å². The van der Waals surface area contributed by atoms with Gasteiger partial charge in [0, 0.05) is 17.3 Å². The third kappa shape index (κ3) is 2.47. The molecule has 3 aromatic rings. The first kappa shape index (κ1) is 13.6. The predicted molar refractivity (Wildman–Crippen MR) is 83.2 cm³/mol. The van der Waals surface area contributed by atoms with E-state index in [1.807, 2.05) is 16.9 Å². The van der Waals surface area contributed by atoms with Crippen LogP contribution in [-0.2, 0) is 0 Å². The number of hydrogen-bond donors (Lipinski definition) is 0. The first-order valence-electron chi connectivity index (χ1n) is 6.94. The van der Waals surface area contributed by atoms with Gasteiger partial charge in [0.05, 0.1) is 11.9 Å². The van der Waals surface area contributed by atoms with Gasteiger partial charge >= 0.3 is 0 Å². The van der Waals surface area contributed by atoms with Gasteiger partial charge < -0.3 is 0 Å². The summed E-state index contributed by atoms with van der Waals surface area (Å²) in [7, 11) is 0. The third-order valence-electron chi connectivity index (χ3n) is 3.63. The molecule has 0 saturated carbocycles. The molecule has 0 fully saturated rings. The van der Waals surface area contributed by atoms with E-state index in [9.17, 15) is 4.39 Å². The van der Waals surface area contributed by atoms with Gasteiger partial charge in [-0.25, -0.2) is 9.07 Å². The Kier molecular flexibility index (Phi) is 3.34. The van der Waals surface area contributed by atoms with Crippen LogP contribution in [0.3, 0.4) is 0 Å². The molecule has 0 spiro atoms. The van der Waals surface area contributed by atoms with Gasteiger partial charge in [0.2, 0.25) is 0 Å². The van der Waals surface area contributed by atoms with E-state index >= 15 is 0 Å². The van der Waals surface area contributed by atoms with Crippen LogP contribution in [0, 0.1) is 26.6 Å². The zero-order valence-electron chi connectivity index (χ0n) is 12.4. The molecular weight excluding hydrogens is 263 g/mol. The molecule has 0 radical (unpaired) electrons. The van der Waals surface area contributed by atoms with Crippen molar-refractivity contribution in [3.05, 3.63) is 71.3 Å². The van der Waals surface area contributed by atoms with Crippen molar-refractivity contribution in [1.82, 2.24) is 9.78 Å². The summed E-state index contributed by atoms with van der Waals surface area (Å²) in [4.78, 5) is 0. The summed E-state index contributed by atoms with van der Waals surface area (Å²) in [6.07, 6.45) is 3.58. The van der Waals surface area contributed by atoms with Crippen molar-refractivity contribution in [2.45, 2.75) is 20.8 Å². The Hall–Kier alpha value is -2.42. The second kappa shape index (κ2) is 5.17. The van der Waals surface area contributed by atoms with E-state index in [4.69, 9.17) is 0 Å². The van der Waals surface area contributed by atoms with Crippen LogP contribution in [0.4, 0.5) is 4.39 Å². The minimum atomic E-state index is -0.227. The maximum atomic E-state index is 13.9. The lowest BCUT2D eigenvalue weighted by Crippen LogP contribution is -2.01. The Morgan fingerprint density at radius 1 is 1.00 bits per heavy atom. The van der Waals surface area contributed by atoms with Crippen molar-refractivity contribution in [2.24, 2.45) is 0 Å². The van der Waals surface area contributed by atoms with Crippen LogP contribution < -0.4 is 0 Å². The van der Waals surface area contributed by atoms with E-state index < -0.39 is 0 Å². The summed E-state index contributed by atoms with van der Waals surface area (Å²) in [5.41, 5.74) is 5.98. The molecular formula is C18H17FN2. The van der Waals surface area contributed by atoms with E-state index in [2.05, 4.69) is 38.0 Å². The standard InChI is InChI=1S/C18H17FN2/c1-12-8-13(2)18(14(3)9-12)21-11-15(10-20-21)16-6-4-5-7-17(16)19/h4-11H,1-3H3. The minimum Gasteiger partial charge on any atom is -0.240 e. The first-order chi connectivity index (χ1) is 10.1. The number of hydrogen-bond acceptors (Lipinski definition) is 1. The summed E-state index contributed by atoms with van der Waals surface area (Å²) in [6.45, 7) is 6.22. The summed E-state index contributed by atoms with van der Waals surface area (Å²) in [5, 5.41) is 4.41. The fourth-order valence-corrected chi connectivity index (χ4v) is 2.81. The zero-order chi connectivity index (χ0) is 15.0. The molecule has 0 amide bonds. The molecule has 0 aliphatic carbocycles. The second-order valence-corrected chi connectivity index (χ2v) is 5.40. The lowest BCUT2D eigenvalue weighted by atomic mass is 10.1. The average molecular weight is 280 g/mol. The molecule has 0 saturated heterocycles. The molecule has 0 aliphatic rings. The number of halogens is 1. The Balaban J connectivity index is 2.10. The van der Waals surface area contributed by atoms with Crippen LogP contribution >= 0.6 is 0 Å². The maximum Gasteiger partial charge on any atom is 0.131 e. The van der Waals surface area contributed by atoms with Crippen molar-refractivity contribution < 1.29 is 4.39 Å². The Morgan fingerprint density at radius 2 is 1.67 bits per heavy atom. The van der Waals surface area contributed by atoms with Crippen LogP contribution in [0.15, 0.2) is 48.8 Å². The number of aryl methyl sites for hydroxylation is 3. The van der Waals surface area contributed by atoms with Crippen LogP contribution in [0.2, 0.25) is 0 Å². The van der Waals surface area contributed by atoms with Gasteiger partial charge in [-0.1, -0.05) is 35.9 Å². The Labute approximate surface area is 123 Å². The third-order valence-corrected chi connectivity index (χ3v) is 3.63. The molecule has 3 heteroatoms. The Bertz CT molecular complexity index is 779. The van der Waals surface area contributed by atoms with Crippen molar-refractivity contribution in [1.29, 1.82) is 0 Å². The van der Waals surface area contributed by atoms with E-state index in [1.54, 1.807) is 18.3 Å². The Morgan fingerprint density at radius 3 is 2.33 bits per heavy atom. The van der Waals surface area contributed by atoms with Crippen molar-refractivity contribution in [3.8, 4) is 16.8 Å². The molecule has 0 bridgehead atoms. The molecule has 0 unspecified atom stereocenters. The van der Waals surface area contributed by atoms with Gasteiger partial charge in [-0.15, -0.1) is 0 Å². The lowest BCUT2D eigenvalue weighted by Gasteiger charge is -2.11. The highest BCUT2D eigenvalue weighted by atomic mass is 19.1. The van der Waals surface area contributed by atoms with Crippen LogP contribution in [0.25, 0.3) is 16.8 Å². The largest absolute Gasteiger partial charge is 0.240 e. The summed E-state index contributed by atoms with van der Waals surface area (Å²) in [5.74, 6) is -0.227. The van der Waals surface area contributed by atoms with Crippen molar-refractivity contribution in [3.63, 3.8) is 0 Å². The molecule has 1 aromatic heterocycles. The number of rotatable bonds is 2. The van der Waals surface area contributed by atoms with Crippen molar-refractivity contribution >= 4 is 0 Å². The molecule has 0 atom stereocenters. The van der Waals surface area contributed by atoms with Crippen molar-refractivity contribution in [2.75, 3.05) is 0 Å². The highest BCUT2D eigenvalue weighted by Crippen LogP contribution is 2.25. The quantitative estimate of drug-likeness (QED) is 0.670. The molecule has 1 heterocycles. The predicted octanol–water partition coefficient (Wildman–Crippen LogP) is 4.60. The van der Waals surface area contributed by atoms with Gasteiger partial charge in [0.25, 0.3) is 0 Å². The van der Waals surface area contributed by atoms with E-state index in [1.165, 1.54) is 11.6 Å². The molecule has 0 aliphatic heterocycles. The first-order valence-corrected chi connectivity index (χ1v) is 6.94. The summed E-state index contributed by atoms with van der Waals surface area (Å²) < 4.78 is 15.7. The van der Waals surface area contributed by atoms with Gasteiger partial charge in [-0.05, 0) is 38.0 Å². The topological polar surface area (TPSA) is 17.8 Å². The fraction of sp³-hybridized carbons (Fsp3) is 0.167. The molecule has 106 valence electrons. The van der Waals surface area contributed by atoms with Crippen LogP contribution in [0.1, 0.15) is 16.7 Å². The second-order valence-electron chi connectivity index (χ2n) is 5.40. The summed E-state index contributed by atoms with van der Waals surface area (Å²) in [6, 6.07) is 11.0. The molecule has 3 rings (SSSR count). The van der Waals surface area contributed by atoms with E-state index in [-0.39, 0.29) is 5.82 Å². The normalized spacial score (nSPS) is 10.9. The molecule has 21 heavy (non-hydrogen) atoms. The van der Waals surface area contributed by atoms with Gasteiger partial charge in [-0.2, -0.15) is 5.10 Å². The number of nitrogens with zero attached hydrogens (tertiary/aromatic N) is 2. The van der Waals surface area contributed by atoms with E-state index in [0.717, 1.165) is 22.4 Å². The highest BCUT2D eigenvalue weighted by molar-refractivity contribution is 5.63. The number of benzene rings is 2. The van der Waals surface area contributed by atoms with E-state index in [0.29, 0.717) is 5.56 Å². The van der Waals surface area contributed by atoms with Crippen LogP contribution in [-0.4, -0.2) is 9.78 Å². The molecule has 2 nitrogen and oxygen atoms in total. The monoisotopic (exact) mass is 280 g/mol. The summed E-state index contributed by atoms with van der Waals surface area (Å²) >= 11 is 0. The minimum absolute atomic E-state index is 0.227. The average Bonchev–Trinajstić information content (AvgIpc) is 2.87. The van der Waals surface area contributed by atoms with Gasteiger partial charge in [-0.3, -0.25) is 0 Å². The number of aromatic nitrogens is 2. The zero-order valence-corrected chi connectivity index (χ0v) is 12.4. The van der Waals surface area contributed by atoms with Gasteiger partial charge in [0.15, 0.2) is 0 Å². The SMILES string of the molecule is Cc1cc(C)c(-n2cc(-c3ccccc3F)cn2)c(C)c1. The fourth-order valence-electron chi connectivity index (χ4n) is 2.81. The highest BCUT2D eigenvalue weighted by Gasteiger charge is 2.11.